The van der Waals surface area contributed by atoms with E-state index < -0.39 is 0 Å². The number of rotatable bonds is 2. The maximum absolute atomic E-state index is 5.63. The number of fused-ring (bicyclic) bond motifs is 1. The number of benzene rings is 1. The summed E-state index contributed by atoms with van der Waals surface area (Å²) in [6, 6.07) is 14.6. The Kier molecular flexibility index (Phi) is 2.61. The first-order valence-corrected chi connectivity index (χ1v) is 6.01. The SMILES string of the molecule is Cc1c(-c2ccccc2)cc2cc(CN)ncn12. The minimum atomic E-state index is 0.474. The van der Waals surface area contributed by atoms with Crippen LogP contribution in [0.25, 0.3) is 16.6 Å². The number of nitrogens with zero attached hydrogens (tertiary/aromatic N) is 2. The fraction of sp³-hybridized carbons (Fsp3) is 0.133. The molecule has 0 unspecified atom stereocenters. The second kappa shape index (κ2) is 4.27. The van der Waals surface area contributed by atoms with Gasteiger partial charge in [-0.2, -0.15) is 0 Å². The minimum Gasteiger partial charge on any atom is -0.325 e. The van der Waals surface area contributed by atoms with Crippen LogP contribution in [0.2, 0.25) is 0 Å². The van der Waals surface area contributed by atoms with Gasteiger partial charge in [-0.1, -0.05) is 30.3 Å². The van der Waals surface area contributed by atoms with Gasteiger partial charge in [0.2, 0.25) is 0 Å². The van der Waals surface area contributed by atoms with Crippen molar-refractivity contribution >= 4 is 5.52 Å². The third-order valence-electron chi connectivity index (χ3n) is 3.27. The van der Waals surface area contributed by atoms with Gasteiger partial charge in [0.25, 0.3) is 0 Å². The van der Waals surface area contributed by atoms with Crippen molar-refractivity contribution in [3.05, 3.63) is 60.2 Å². The van der Waals surface area contributed by atoms with Gasteiger partial charge in [-0.15, -0.1) is 0 Å². The van der Waals surface area contributed by atoms with Crippen LogP contribution in [-0.2, 0) is 6.54 Å². The van der Waals surface area contributed by atoms with E-state index in [1.54, 1.807) is 0 Å². The number of nitrogens with two attached hydrogens (primary N) is 1. The van der Waals surface area contributed by atoms with Crippen molar-refractivity contribution in [2.75, 3.05) is 0 Å². The van der Waals surface area contributed by atoms with Crippen LogP contribution in [0.1, 0.15) is 11.4 Å². The molecule has 3 rings (SSSR count). The van der Waals surface area contributed by atoms with Crippen LogP contribution in [0.4, 0.5) is 0 Å². The van der Waals surface area contributed by atoms with Gasteiger partial charge < -0.3 is 10.1 Å². The summed E-state index contributed by atoms with van der Waals surface area (Å²) in [6.07, 6.45) is 1.85. The summed E-state index contributed by atoms with van der Waals surface area (Å²) in [7, 11) is 0. The quantitative estimate of drug-likeness (QED) is 0.744. The van der Waals surface area contributed by atoms with Gasteiger partial charge in [0, 0.05) is 23.3 Å². The molecule has 0 bridgehead atoms. The zero-order valence-corrected chi connectivity index (χ0v) is 10.3. The molecule has 2 aromatic heterocycles. The fourth-order valence-electron chi connectivity index (χ4n) is 2.27. The van der Waals surface area contributed by atoms with E-state index in [9.17, 15) is 0 Å². The molecule has 90 valence electrons. The molecule has 3 nitrogen and oxygen atoms in total. The van der Waals surface area contributed by atoms with Crippen LogP contribution in [0, 0.1) is 6.92 Å². The molecule has 2 heterocycles. The molecule has 0 fully saturated rings. The molecule has 0 spiro atoms. The molecule has 2 N–H and O–H groups in total. The Bertz CT molecular complexity index is 684. The molecule has 0 saturated heterocycles. The number of hydrogen-bond donors (Lipinski definition) is 1. The highest BCUT2D eigenvalue weighted by atomic mass is 15.0. The third kappa shape index (κ3) is 1.69. The molecule has 3 aromatic rings. The van der Waals surface area contributed by atoms with E-state index >= 15 is 0 Å². The second-order valence-electron chi connectivity index (χ2n) is 4.39. The molecule has 0 aliphatic rings. The van der Waals surface area contributed by atoms with Crippen molar-refractivity contribution in [3.8, 4) is 11.1 Å². The van der Waals surface area contributed by atoms with E-state index in [4.69, 9.17) is 5.73 Å². The molecule has 3 heteroatoms. The average molecular weight is 237 g/mol. The molecule has 0 amide bonds. The second-order valence-corrected chi connectivity index (χ2v) is 4.39. The third-order valence-corrected chi connectivity index (χ3v) is 3.27. The van der Waals surface area contributed by atoms with Gasteiger partial charge in [-0.25, -0.2) is 4.98 Å². The molecule has 0 aliphatic heterocycles. The average Bonchev–Trinajstić information content (AvgIpc) is 2.76. The van der Waals surface area contributed by atoms with Crippen molar-refractivity contribution in [2.45, 2.75) is 13.5 Å². The Morgan fingerprint density at radius 3 is 2.67 bits per heavy atom. The Balaban J connectivity index is 2.23. The zero-order valence-electron chi connectivity index (χ0n) is 10.3. The summed E-state index contributed by atoms with van der Waals surface area (Å²) in [5.41, 5.74) is 11.4. The first-order valence-electron chi connectivity index (χ1n) is 6.01. The normalized spacial score (nSPS) is 11.0. The molecular weight excluding hydrogens is 222 g/mol. The molecule has 0 radical (unpaired) electrons. The predicted octanol–water partition coefficient (Wildman–Crippen LogP) is 2.77. The molecule has 18 heavy (non-hydrogen) atoms. The van der Waals surface area contributed by atoms with Crippen LogP contribution in [0.5, 0.6) is 0 Å². The first kappa shape index (κ1) is 11.0. The van der Waals surface area contributed by atoms with Gasteiger partial charge in [0.15, 0.2) is 0 Å². The van der Waals surface area contributed by atoms with E-state index in [2.05, 4.69) is 46.6 Å². The predicted molar refractivity (Wildman–Crippen MR) is 73.3 cm³/mol. The highest BCUT2D eigenvalue weighted by Crippen LogP contribution is 2.26. The summed E-state index contributed by atoms with van der Waals surface area (Å²) in [5.74, 6) is 0. The summed E-state index contributed by atoms with van der Waals surface area (Å²) in [6.45, 7) is 2.58. The Morgan fingerprint density at radius 1 is 1.17 bits per heavy atom. The highest BCUT2D eigenvalue weighted by Gasteiger charge is 2.08. The van der Waals surface area contributed by atoms with Crippen LogP contribution < -0.4 is 5.73 Å². The van der Waals surface area contributed by atoms with E-state index in [1.165, 1.54) is 16.8 Å². The van der Waals surface area contributed by atoms with Crippen molar-refractivity contribution in [3.63, 3.8) is 0 Å². The lowest BCUT2D eigenvalue weighted by molar-refractivity contribution is 0.941. The summed E-state index contributed by atoms with van der Waals surface area (Å²) < 4.78 is 2.10. The van der Waals surface area contributed by atoms with Crippen molar-refractivity contribution in [1.29, 1.82) is 0 Å². The van der Waals surface area contributed by atoms with Gasteiger partial charge in [-0.3, -0.25) is 0 Å². The van der Waals surface area contributed by atoms with E-state index in [0.717, 1.165) is 11.2 Å². The summed E-state index contributed by atoms with van der Waals surface area (Å²) in [4.78, 5) is 4.33. The Labute approximate surface area is 106 Å². The summed E-state index contributed by atoms with van der Waals surface area (Å²) >= 11 is 0. The van der Waals surface area contributed by atoms with Crippen LogP contribution in [0.15, 0.2) is 48.8 Å². The van der Waals surface area contributed by atoms with E-state index in [1.807, 2.05) is 18.5 Å². The largest absolute Gasteiger partial charge is 0.325 e. The van der Waals surface area contributed by atoms with E-state index in [-0.39, 0.29) is 0 Å². The first-order chi connectivity index (χ1) is 8.79. The van der Waals surface area contributed by atoms with Crippen molar-refractivity contribution in [1.82, 2.24) is 9.38 Å². The van der Waals surface area contributed by atoms with Crippen LogP contribution in [-0.4, -0.2) is 9.38 Å². The lowest BCUT2D eigenvalue weighted by Gasteiger charge is -2.01. The number of aryl methyl sites for hydroxylation is 1. The highest BCUT2D eigenvalue weighted by molar-refractivity contribution is 5.73. The van der Waals surface area contributed by atoms with Crippen molar-refractivity contribution in [2.24, 2.45) is 5.73 Å². The Hall–Kier alpha value is -2.13. The van der Waals surface area contributed by atoms with Gasteiger partial charge in [0.05, 0.1) is 12.0 Å². The maximum atomic E-state index is 5.63. The van der Waals surface area contributed by atoms with Gasteiger partial charge in [-0.05, 0) is 24.6 Å². The van der Waals surface area contributed by atoms with Gasteiger partial charge in [0.1, 0.15) is 0 Å². The Morgan fingerprint density at radius 2 is 1.94 bits per heavy atom. The monoisotopic (exact) mass is 237 g/mol. The number of aromatic nitrogens is 2. The van der Waals surface area contributed by atoms with Crippen LogP contribution in [0.3, 0.4) is 0 Å². The number of hydrogen-bond acceptors (Lipinski definition) is 2. The molecule has 0 saturated carbocycles. The van der Waals surface area contributed by atoms with Crippen molar-refractivity contribution < 1.29 is 0 Å². The van der Waals surface area contributed by atoms with E-state index in [0.29, 0.717) is 6.54 Å². The molecule has 0 aliphatic carbocycles. The zero-order chi connectivity index (χ0) is 12.5. The topological polar surface area (TPSA) is 43.3 Å². The van der Waals surface area contributed by atoms with Gasteiger partial charge >= 0.3 is 0 Å². The smallest absolute Gasteiger partial charge is 0.0996 e. The molecular formula is C15H15N3. The summed E-state index contributed by atoms with van der Waals surface area (Å²) in [5, 5.41) is 0. The van der Waals surface area contributed by atoms with Crippen LogP contribution >= 0.6 is 0 Å². The standard InChI is InChI=1S/C15H15N3/c1-11-15(12-5-3-2-4-6-12)8-14-7-13(9-16)17-10-18(11)14/h2-8,10H,9,16H2,1H3. The molecule has 0 atom stereocenters. The molecule has 1 aromatic carbocycles. The maximum Gasteiger partial charge on any atom is 0.0996 e. The lowest BCUT2D eigenvalue weighted by atomic mass is 10.1. The minimum absolute atomic E-state index is 0.474. The lowest BCUT2D eigenvalue weighted by Crippen LogP contribution is -2.01. The fourth-order valence-corrected chi connectivity index (χ4v) is 2.27.